The molecule has 8 aromatic carbocycles. The molecule has 0 amide bonds. The first kappa shape index (κ1) is 23.8. The molecular formula is C40H23N2O2P. The molecule has 0 radical (unpaired) electrons. The van der Waals surface area contributed by atoms with Crippen molar-refractivity contribution in [1.29, 1.82) is 0 Å². The minimum atomic E-state index is -3.43. The maximum atomic E-state index is 16.6. The van der Waals surface area contributed by atoms with Gasteiger partial charge in [0.05, 0.1) is 38.7 Å². The van der Waals surface area contributed by atoms with Crippen LogP contribution < -0.4 is 30.5 Å². The molecule has 11 rings (SSSR count). The van der Waals surface area contributed by atoms with Crippen LogP contribution in [-0.2, 0) is 4.57 Å². The number of nitrogens with zero attached hydrogens (tertiary/aromatic N) is 2. The molecule has 3 aliphatic heterocycles. The van der Waals surface area contributed by atoms with Gasteiger partial charge in [0.25, 0.3) is 0 Å². The Balaban J connectivity index is 1.39. The van der Waals surface area contributed by atoms with Crippen LogP contribution in [0.1, 0.15) is 0 Å². The molecule has 8 aromatic rings. The summed E-state index contributed by atoms with van der Waals surface area (Å²) in [6.45, 7) is 0. The highest BCUT2D eigenvalue weighted by molar-refractivity contribution is 7.87. The summed E-state index contributed by atoms with van der Waals surface area (Å²) in [6, 6.07) is 48.5. The number of fused-ring (bicyclic) bond motifs is 2. The Morgan fingerprint density at radius 2 is 1.04 bits per heavy atom. The lowest BCUT2D eigenvalue weighted by atomic mass is 9.92. The fourth-order valence-electron chi connectivity index (χ4n) is 8.14. The summed E-state index contributed by atoms with van der Waals surface area (Å²) < 4.78 is 23.6. The predicted molar refractivity (Wildman–Crippen MR) is 186 cm³/mol. The highest BCUT2D eigenvalue weighted by Crippen LogP contribution is 2.67. The zero-order chi connectivity index (χ0) is 29.4. The lowest BCUT2D eigenvalue weighted by Crippen LogP contribution is -2.45. The van der Waals surface area contributed by atoms with E-state index in [-0.39, 0.29) is 0 Å². The summed E-state index contributed by atoms with van der Waals surface area (Å²) in [5.41, 5.74) is 5.77. The number of rotatable bonds is 2. The molecule has 0 saturated heterocycles. The van der Waals surface area contributed by atoms with Gasteiger partial charge in [0.1, 0.15) is 11.5 Å². The van der Waals surface area contributed by atoms with Gasteiger partial charge in [-0.25, -0.2) is 0 Å². The lowest BCUT2D eigenvalue weighted by molar-refractivity contribution is 0.491. The van der Waals surface area contributed by atoms with E-state index in [1.165, 1.54) is 16.2 Å². The first-order valence-electron chi connectivity index (χ1n) is 15.2. The molecule has 0 bridgehead atoms. The first-order chi connectivity index (χ1) is 22.2. The van der Waals surface area contributed by atoms with E-state index in [1.54, 1.807) is 0 Å². The minimum absolute atomic E-state index is 0.666. The zero-order valence-electron chi connectivity index (χ0n) is 23.9. The van der Waals surface area contributed by atoms with E-state index in [0.29, 0.717) is 11.5 Å². The van der Waals surface area contributed by atoms with Crippen LogP contribution in [-0.4, -0.2) is 0 Å². The van der Waals surface area contributed by atoms with Crippen molar-refractivity contribution in [3.63, 3.8) is 0 Å². The predicted octanol–water partition coefficient (Wildman–Crippen LogP) is 9.90. The van der Waals surface area contributed by atoms with Crippen molar-refractivity contribution < 1.29 is 9.30 Å². The van der Waals surface area contributed by atoms with Crippen molar-refractivity contribution in [2.45, 2.75) is 0 Å². The van der Waals surface area contributed by atoms with Gasteiger partial charge in [0.15, 0.2) is 7.14 Å². The van der Waals surface area contributed by atoms with Crippen LogP contribution in [0.25, 0.3) is 32.3 Å². The molecule has 1 unspecified atom stereocenters. The Kier molecular flexibility index (Phi) is 4.30. The van der Waals surface area contributed by atoms with Gasteiger partial charge < -0.3 is 19.1 Å². The molecular weight excluding hydrogens is 571 g/mol. The van der Waals surface area contributed by atoms with E-state index in [0.717, 1.165) is 66.2 Å². The number of hydrogen-bond donors (Lipinski definition) is 0. The number of ether oxygens (including phenoxy) is 1. The average Bonchev–Trinajstić information content (AvgIpc) is 3.09. The van der Waals surface area contributed by atoms with Crippen LogP contribution in [0.5, 0.6) is 11.5 Å². The lowest BCUT2D eigenvalue weighted by Gasteiger charge is -2.47. The second kappa shape index (κ2) is 8.12. The summed E-state index contributed by atoms with van der Waals surface area (Å²) in [5, 5.41) is 9.24. The van der Waals surface area contributed by atoms with E-state index in [2.05, 4.69) is 125 Å². The van der Waals surface area contributed by atoms with E-state index >= 15 is 4.57 Å². The van der Waals surface area contributed by atoms with E-state index in [9.17, 15) is 0 Å². The molecule has 0 N–H and O–H groups in total. The summed E-state index contributed by atoms with van der Waals surface area (Å²) in [5.74, 6) is 1.37. The molecule has 45 heavy (non-hydrogen) atoms. The second-order valence-electron chi connectivity index (χ2n) is 12.0. The summed E-state index contributed by atoms with van der Waals surface area (Å²) in [6.07, 6.45) is 0. The maximum Gasteiger partial charge on any atom is 0.186 e. The molecule has 0 fully saturated rings. The minimum Gasteiger partial charge on any atom is -0.455 e. The van der Waals surface area contributed by atoms with Crippen LogP contribution >= 0.6 is 7.14 Å². The third-order valence-corrected chi connectivity index (χ3v) is 13.0. The van der Waals surface area contributed by atoms with Crippen LogP contribution in [0.2, 0.25) is 0 Å². The van der Waals surface area contributed by atoms with Crippen molar-refractivity contribution in [3.8, 4) is 11.5 Å². The van der Waals surface area contributed by atoms with Crippen molar-refractivity contribution in [3.05, 3.63) is 140 Å². The number of hydrogen-bond acceptors (Lipinski definition) is 4. The number of anilines is 6. The van der Waals surface area contributed by atoms with E-state index < -0.39 is 7.14 Å². The Morgan fingerprint density at radius 1 is 0.467 bits per heavy atom. The first-order valence-corrected chi connectivity index (χ1v) is 16.9. The van der Waals surface area contributed by atoms with Gasteiger partial charge in [-0.15, -0.1) is 0 Å². The monoisotopic (exact) mass is 594 g/mol. The Labute approximate surface area is 259 Å². The molecule has 0 saturated carbocycles. The van der Waals surface area contributed by atoms with Gasteiger partial charge in [-0.05, 0) is 70.8 Å². The van der Waals surface area contributed by atoms with Crippen LogP contribution in [0.4, 0.5) is 34.1 Å². The molecule has 3 aliphatic rings. The Morgan fingerprint density at radius 3 is 1.76 bits per heavy atom. The molecule has 4 nitrogen and oxygen atoms in total. The van der Waals surface area contributed by atoms with Gasteiger partial charge in [-0.3, -0.25) is 0 Å². The van der Waals surface area contributed by atoms with E-state index in [1.807, 2.05) is 24.3 Å². The highest BCUT2D eigenvalue weighted by Gasteiger charge is 2.54. The molecule has 0 aromatic heterocycles. The standard InChI is InChI=1S/C40H23N2O2P/c43-45-38-30-16-8-17-31(38)42(27-14-5-2-6-15-27)36-28-22-20-24-10-7-11-25-21-23-29(35(28)34(24)25)37(40(36)45)44-33-19-9-18-32(39(33)45)41(30)26-12-3-1-4-13-26/h1-23H. The van der Waals surface area contributed by atoms with Crippen LogP contribution in [0.3, 0.4) is 0 Å². The van der Waals surface area contributed by atoms with Gasteiger partial charge in [0.2, 0.25) is 0 Å². The Bertz CT molecular complexity index is 2600. The normalized spacial score (nSPS) is 17.2. The van der Waals surface area contributed by atoms with Gasteiger partial charge in [-0.2, -0.15) is 0 Å². The van der Waals surface area contributed by atoms with Crippen LogP contribution in [0.15, 0.2) is 140 Å². The van der Waals surface area contributed by atoms with Gasteiger partial charge >= 0.3 is 0 Å². The van der Waals surface area contributed by atoms with Gasteiger partial charge in [-0.1, -0.05) is 84.9 Å². The number of benzene rings is 8. The smallest absolute Gasteiger partial charge is 0.186 e. The second-order valence-corrected chi connectivity index (χ2v) is 14.6. The maximum absolute atomic E-state index is 16.6. The molecule has 0 aliphatic carbocycles. The van der Waals surface area contributed by atoms with Crippen molar-refractivity contribution in [1.82, 2.24) is 0 Å². The highest BCUT2D eigenvalue weighted by atomic mass is 31.2. The molecule has 3 heterocycles. The van der Waals surface area contributed by atoms with Gasteiger partial charge in [0, 0.05) is 27.5 Å². The van der Waals surface area contributed by atoms with Crippen molar-refractivity contribution >= 4 is 89.5 Å². The molecule has 1 atom stereocenters. The number of para-hydroxylation sites is 2. The summed E-state index contributed by atoms with van der Waals surface area (Å²) >= 11 is 0. The summed E-state index contributed by atoms with van der Waals surface area (Å²) in [7, 11) is -3.43. The topological polar surface area (TPSA) is 32.8 Å². The fourth-order valence-corrected chi connectivity index (χ4v) is 11.7. The van der Waals surface area contributed by atoms with Crippen molar-refractivity contribution in [2.75, 3.05) is 9.80 Å². The molecule has 5 heteroatoms. The zero-order valence-corrected chi connectivity index (χ0v) is 24.8. The average molecular weight is 595 g/mol. The largest absolute Gasteiger partial charge is 0.455 e. The third-order valence-electron chi connectivity index (χ3n) is 9.82. The fraction of sp³-hybridized carbons (Fsp3) is 0. The Hall–Kier alpha value is -5.57. The third kappa shape index (κ3) is 2.74. The molecule has 210 valence electrons. The van der Waals surface area contributed by atoms with Crippen LogP contribution in [0, 0.1) is 0 Å². The van der Waals surface area contributed by atoms with Crippen molar-refractivity contribution in [2.24, 2.45) is 0 Å². The SMILES string of the molecule is O=P12c3c4cccc3N(c3ccccc3)c3cccc(c31)N(c1ccccc1)c1c2c(c2ccc3cccc5ccc1c2c35)O4. The van der Waals surface area contributed by atoms with E-state index in [4.69, 9.17) is 4.74 Å². The molecule has 0 spiro atoms. The summed E-state index contributed by atoms with van der Waals surface area (Å²) in [4.78, 5) is 4.58. The quantitative estimate of drug-likeness (QED) is 0.147.